The summed E-state index contributed by atoms with van der Waals surface area (Å²) in [6.07, 6.45) is 0.339. The lowest BCUT2D eigenvalue weighted by Crippen LogP contribution is -2.18. The third kappa shape index (κ3) is 2.31. The van der Waals surface area contributed by atoms with E-state index in [0.29, 0.717) is 13.0 Å². The topological polar surface area (TPSA) is 51.2 Å². The van der Waals surface area contributed by atoms with Crippen molar-refractivity contribution < 1.29 is 9.53 Å². The average Bonchev–Trinajstić information content (AvgIpc) is 2.79. The molecule has 0 aliphatic carbocycles. The lowest BCUT2D eigenvalue weighted by Gasteiger charge is -2.10. The standard InChI is InChI=1S/C15H16N2O2/c1-2-19-14(18)8-13-15-11(9-16-13)7-10-5-3-4-6-12(10)17-15/h3-7,13,16H,2,8-9H2,1H3. The van der Waals surface area contributed by atoms with Crippen molar-refractivity contribution in [2.45, 2.75) is 25.9 Å². The van der Waals surface area contributed by atoms with Gasteiger partial charge in [0.05, 0.1) is 30.3 Å². The Hall–Kier alpha value is -1.94. The fourth-order valence-electron chi connectivity index (χ4n) is 2.50. The van der Waals surface area contributed by atoms with Crippen molar-refractivity contribution in [1.29, 1.82) is 0 Å². The zero-order chi connectivity index (χ0) is 13.2. The summed E-state index contributed by atoms with van der Waals surface area (Å²) in [4.78, 5) is 16.3. The number of hydrogen-bond acceptors (Lipinski definition) is 4. The van der Waals surface area contributed by atoms with Crippen LogP contribution in [0.3, 0.4) is 0 Å². The minimum Gasteiger partial charge on any atom is -0.466 e. The molecule has 98 valence electrons. The van der Waals surface area contributed by atoms with Gasteiger partial charge in [-0.05, 0) is 24.6 Å². The third-order valence-electron chi connectivity index (χ3n) is 3.38. The number of aromatic nitrogens is 1. The molecule has 1 aliphatic heterocycles. The highest BCUT2D eigenvalue weighted by Gasteiger charge is 2.26. The number of hydrogen-bond donors (Lipinski definition) is 1. The number of carbonyl (C=O) groups excluding carboxylic acids is 1. The third-order valence-corrected chi connectivity index (χ3v) is 3.38. The van der Waals surface area contributed by atoms with E-state index in [9.17, 15) is 4.79 Å². The van der Waals surface area contributed by atoms with Crippen LogP contribution < -0.4 is 5.32 Å². The fraction of sp³-hybridized carbons (Fsp3) is 0.333. The number of pyridine rings is 1. The first-order chi connectivity index (χ1) is 9.28. The molecule has 1 aromatic heterocycles. The molecule has 0 saturated carbocycles. The van der Waals surface area contributed by atoms with Crippen molar-refractivity contribution in [3.63, 3.8) is 0 Å². The van der Waals surface area contributed by atoms with E-state index < -0.39 is 0 Å². The second kappa shape index (κ2) is 4.97. The summed E-state index contributed by atoms with van der Waals surface area (Å²) in [6.45, 7) is 3.00. The summed E-state index contributed by atoms with van der Waals surface area (Å²) in [7, 11) is 0. The molecule has 0 fully saturated rings. The molecule has 1 aliphatic rings. The summed E-state index contributed by atoms with van der Waals surface area (Å²) < 4.78 is 5.00. The Labute approximate surface area is 111 Å². The highest BCUT2D eigenvalue weighted by molar-refractivity contribution is 5.80. The van der Waals surface area contributed by atoms with Crippen LogP contribution in [0.2, 0.25) is 0 Å². The number of ether oxygens (including phenoxy) is 1. The Morgan fingerprint density at radius 1 is 1.47 bits per heavy atom. The molecule has 3 rings (SSSR count). The van der Waals surface area contributed by atoms with Gasteiger partial charge in [0.1, 0.15) is 0 Å². The predicted octanol–water partition coefficient (Wildman–Crippen LogP) is 2.33. The van der Waals surface area contributed by atoms with Gasteiger partial charge in [-0.15, -0.1) is 0 Å². The summed E-state index contributed by atoms with van der Waals surface area (Å²) in [5.41, 5.74) is 3.12. The van der Waals surface area contributed by atoms with Crippen molar-refractivity contribution in [1.82, 2.24) is 10.3 Å². The Bertz CT molecular complexity index is 625. The van der Waals surface area contributed by atoms with Gasteiger partial charge in [-0.1, -0.05) is 18.2 Å². The van der Waals surface area contributed by atoms with Gasteiger partial charge < -0.3 is 10.1 Å². The smallest absolute Gasteiger partial charge is 0.307 e. The molecule has 0 amide bonds. The number of carbonyl (C=O) groups is 1. The second-order valence-electron chi connectivity index (χ2n) is 4.67. The SMILES string of the molecule is CCOC(=O)CC1NCc2cc3ccccc3nc21. The molecular formula is C15H16N2O2. The minimum absolute atomic E-state index is 0.0290. The number of esters is 1. The molecule has 1 atom stereocenters. The van der Waals surface area contributed by atoms with Crippen LogP contribution in [-0.2, 0) is 16.1 Å². The first-order valence-corrected chi connectivity index (χ1v) is 6.55. The van der Waals surface area contributed by atoms with Gasteiger partial charge in [-0.2, -0.15) is 0 Å². The molecule has 2 aromatic rings. The lowest BCUT2D eigenvalue weighted by atomic mass is 10.1. The summed E-state index contributed by atoms with van der Waals surface area (Å²) >= 11 is 0. The Kier molecular flexibility index (Phi) is 3.17. The zero-order valence-electron chi connectivity index (χ0n) is 10.8. The maximum absolute atomic E-state index is 11.6. The first kappa shape index (κ1) is 12.1. The molecule has 4 heteroatoms. The number of nitrogens with zero attached hydrogens (tertiary/aromatic N) is 1. The second-order valence-corrected chi connectivity index (χ2v) is 4.67. The lowest BCUT2D eigenvalue weighted by molar-refractivity contribution is -0.143. The van der Waals surface area contributed by atoms with Crippen molar-refractivity contribution in [3.05, 3.63) is 41.6 Å². The molecule has 0 radical (unpaired) electrons. The van der Waals surface area contributed by atoms with E-state index in [-0.39, 0.29) is 12.0 Å². The van der Waals surface area contributed by atoms with Crippen LogP contribution in [0, 0.1) is 0 Å². The number of benzene rings is 1. The van der Waals surface area contributed by atoms with Gasteiger partial charge >= 0.3 is 5.97 Å². The molecule has 1 aromatic carbocycles. The molecule has 19 heavy (non-hydrogen) atoms. The normalized spacial score (nSPS) is 17.4. The Morgan fingerprint density at radius 2 is 2.32 bits per heavy atom. The van der Waals surface area contributed by atoms with Crippen molar-refractivity contribution in [3.8, 4) is 0 Å². The zero-order valence-corrected chi connectivity index (χ0v) is 10.8. The molecule has 1 unspecified atom stereocenters. The summed E-state index contributed by atoms with van der Waals surface area (Å²) in [5.74, 6) is -0.178. The number of rotatable bonds is 3. The quantitative estimate of drug-likeness (QED) is 0.856. The molecule has 2 heterocycles. The van der Waals surface area contributed by atoms with E-state index in [0.717, 1.165) is 23.1 Å². The van der Waals surface area contributed by atoms with Crippen molar-refractivity contribution in [2.24, 2.45) is 0 Å². The fourth-order valence-corrected chi connectivity index (χ4v) is 2.50. The Morgan fingerprint density at radius 3 is 3.16 bits per heavy atom. The van der Waals surface area contributed by atoms with Gasteiger partial charge in [0.25, 0.3) is 0 Å². The maximum Gasteiger partial charge on any atom is 0.307 e. The van der Waals surface area contributed by atoms with E-state index in [2.05, 4.69) is 22.4 Å². The van der Waals surface area contributed by atoms with Gasteiger partial charge in [0, 0.05) is 11.9 Å². The van der Waals surface area contributed by atoms with E-state index in [1.165, 1.54) is 5.56 Å². The first-order valence-electron chi connectivity index (χ1n) is 6.55. The molecule has 4 nitrogen and oxygen atoms in total. The molecule has 0 bridgehead atoms. The highest BCUT2D eigenvalue weighted by atomic mass is 16.5. The monoisotopic (exact) mass is 256 g/mol. The maximum atomic E-state index is 11.6. The van der Waals surface area contributed by atoms with Gasteiger partial charge in [-0.25, -0.2) is 0 Å². The van der Waals surface area contributed by atoms with Gasteiger partial charge in [-0.3, -0.25) is 9.78 Å². The number of nitrogens with one attached hydrogen (secondary N) is 1. The largest absolute Gasteiger partial charge is 0.466 e. The van der Waals surface area contributed by atoms with Gasteiger partial charge in [0.15, 0.2) is 0 Å². The molecule has 0 spiro atoms. The summed E-state index contributed by atoms with van der Waals surface area (Å²) in [6, 6.07) is 10.2. The Balaban J connectivity index is 1.91. The molecule has 1 N–H and O–H groups in total. The van der Waals surface area contributed by atoms with Crippen molar-refractivity contribution >= 4 is 16.9 Å². The van der Waals surface area contributed by atoms with Crippen LogP contribution in [0.15, 0.2) is 30.3 Å². The van der Waals surface area contributed by atoms with E-state index >= 15 is 0 Å². The predicted molar refractivity (Wildman–Crippen MR) is 72.6 cm³/mol. The van der Waals surface area contributed by atoms with Crippen LogP contribution in [0.25, 0.3) is 10.9 Å². The van der Waals surface area contributed by atoms with Crippen LogP contribution in [0.5, 0.6) is 0 Å². The van der Waals surface area contributed by atoms with Crippen LogP contribution >= 0.6 is 0 Å². The molecule has 0 saturated heterocycles. The van der Waals surface area contributed by atoms with E-state index in [4.69, 9.17) is 4.74 Å². The van der Waals surface area contributed by atoms with E-state index in [1.807, 2.05) is 25.1 Å². The van der Waals surface area contributed by atoms with E-state index in [1.54, 1.807) is 0 Å². The van der Waals surface area contributed by atoms with Gasteiger partial charge in [0.2, 0.25) is 0 Å². The minimum atomic E-state index is -0.178. The van der Waals surface area contributed by atoms with Crippen LogP contribution in [-0.4, -0.2) is 17.6 Å². The number of para-hydroxylation sites is 1. The van der Waals surface area contributed by atoms with Crippen LogP contribution in [0.1, 0.15) is 30.6 Å². The van der Waals surface area contributed by atoms with Crippen LogP contribution in [0.4, 0.5) is 0 Å². The average molecular weight is 256 g/mol. The highest BCUT2D eigenvalue weighted by Crippen LogP contribution is 2.29. The molecular weight excluding hydrogens is 240 g/mol. The van der Waals surface area contributed by atoms with Crippen molar-refractivity contribution in [2.75, 3.05) is 6.61 Å². The summed E-state index contributed by atoms with van der Waals surface area (Å²) in [5, 5.41) is 4.46. The number of fused-ring (bicyclic) bond motifs is 2.